The van der Waals surface area contributed by atoms with Crippen LogP contribution in [0.25, 0.3) is 28.1 Å². The summed E-state index contributed by atoms with van der Waals surface area (Å²) in [5.74, 6) is 0.392. The molecule has 3 aromatic heterocycles. The van der Waals surface area contributed by atoms with Gasteiger partial charge in [0.15, 0.2) is 0 Å². The standard InChI is InChI=1S/C26H26FN7O2/c1-17-13-20(3-5-22(17)27)34-25(21-16-28-8-7-23(21)30-34)32-10-9-31(26(32)35)19-4-6-24-18(14-19)15-29-33(24)11-12-36-2/h3-6,9-10,13-15,28H,7-8,11-12,16H2,1-2H3. The summed E-state index contributed by atoms with van der Waals surface area (Å²) in [6, 6.07) is 10.7. The van der Waals surface area contributed by atoms with Gasteiger partial charge in [0.2, 0.25) is 0 Å². The third-order valence-corrected chi connectivity index (χ3v) is 6.68. The fraction of sp³-hybridized carbons (Fsp3) is 0.269. The second kappa shape index (κ2) is 8.89. The summed E-state index contributed by atoms with van der Waals surface area (Å²) in [7, 11) is 1.66. The van der Waals surface area contributed by atoms with Gasteiger partial charge in [-0.3, -0.25) is 13.8 Å². The van der Waals surface area contributed by atoms with Gasteiger partial charge in [0, 0.05) is 50.0 Å². The zero-order valence-corrected chi connectivity index (χ0v) is 20.1. The monoisotopic (exact) mass is 487 g/mol. The molecular formula is C26H26FN7O2. The maximum Gasteiger partial charge on any atom is 0.338 e. The summed E-state index contributed by atoms with van der Waals surface area (Å²) in [5, 5.41) is 13.6. The van der Waals surface area contributed by atoms with Crippen molar-refractivity contribution in [2.24, 2.45) is 0 Å². The molecule has 1 aliphatic rings. The highest BCUT2D eigenvalue weighted by Gasteiger charge is 2.24. The summed E-state index contributed by atoms with van der Waals surface area (Å²) in [5.41, 5.74) is 4.65. The highest BCUT2D eigenvalue weighted by Crippen LogP contribution is 2.26. The number of aryl methyl sites for hydroxylation is 1. The Labute approximate surface area is 206 Å². The molecule has 9 nitrogen and oxygen atoms in total. The second-order valence-electron chi connectivity index (χ2n) is 8.95. The number of benzene rings is 2. The minimum absolute atomic E-state index is 0.213. The molecular weight excluding hydrogens is 461 g/mol. The van der Waals surface area contributed by atoms with Crippen LogP contribution < -0.4 is 11.0 Å². The first-order valence-electron chi connectivity index (χ1n) is 11.9. The lowest BCUT2D eigenvalue weighted by atomic mass is 10.1. The number of methoxy groups -OCH3 is 1. The Hall–Kier alpha value is -4.02. The molecule has 0 fully saturated rings. The van der Waals surface area contributed by atoms with Crippen LogP contribution in [0, 0.1) is 12.7 Å². The molecule has 0 unspecified atom stereocenters. The van der Waals surface area contributed by atoms with Gasteiger partial charge in [-0.1, -0.05) is 0 Å². The molecule has 0 spiro atoms. The van der Waals surface area contributed by atoms with Gasteiger partial charge in [-0.2, -0.15) is 10.2 Å². The minimum atomic E-state index is -0.275. The Kier molecular flexibility index (Phi) is 5.54. The number of rotatable bonds is 6. The first kappa shape index (κ1) is 22.4. The van der Waals surface area contributed by atoms with E-state index in [-0.39, 0.29) is 11.5 Å². The molecule has 5 aromatic rings. The third-order valence-electron chi connectivity index (χ3n) is 6.68. The average molecular weight is 488 g/mol. The molecule has 36 heavy (non-hydrogen) atoms. The van der Waals surface area contributed by atoms with Crippen LogP contribution in [0.5, 0.6) is 0 Å². The maximum absolute atomic E-state index is 14.0. The van der Waals surface area contributed by atoms with Crippen molar-refractivity contribution in [3.63, 3.8) is 0 Å². The summed E-state index contributed by atoms with van der Waals surface area (Å²) in [6.45, 7) is 4.37. The molecule has 0 bridgehead atoms. The quantitative estimate of drug-likeness (QED) is 0.398. The van der Waals surface area contributed by atoms with E-state index in [9.17, 15) is 9.18 Å². The molecule has 2 aromatic carbocycles. The number of nitrogens with zero attached hydrogens (tertiary/aromatic N) is 6. The summed E-state index contributed by atoms with van der Waals surface area (Å²) < 4.78 is 26.0. The van der Waals surface area contributed by atoms with Gasteiger partial charge >= 0.3 is 5.69 Å². The Balaban J connectivity index is 1.46. The fourth-order valence-electron chi connectivity index (χ4n) is 4.79. The molecule has 10 heteroatoms. The van der Waals surface area contributed by atoms with E-state index in [1.54, 1.807) is 58.6 Å². The number of imidazole rings is 1. The predicted molar refractivity (Wildman–Crippen MR) is 134 cm³/mol. The van der Waals surface area contributed by atoms with Crippen molar-refractivity contribution in [2.75, 3.05) is 20.3 Å². The van der Waals surface area contributed by atoms with Crippen molar-refractivity contribution in [3.05, 3.63) is 88.1 Å². The molecule has 0 atom stereocenters. The van der Waals surface area contributed by atoms with Crippen LogP contribution >= 0.6 is 0 Å². The highest BCUT2D eigenvalue weighted by molar-refractivity contribution is 5.81. The first-order valence-corrected chi connectivity index (χ1v) is 11.9. The van der Waals surface area contributed by atoms with Gasteiger partial charge in [0.1, 0.15) is 11.6 Å². The van der Waals surface area contributed by atoms with Crippen molar-refractivity contribution in [1.29, 1.82) is 0 Å². The third kappa shape index (κ3) is 3.66. The molecule has 4 heterocycles. The minimum Gasteiger partial charge on any atom is -0.383 e. The molecule has 0 radical (unpaired) electrons. The average Bonchev–Trinajstić information content (AvgIpc) is 3.58. The van der Waals surface area contributed by atoms with Crippen molar-refractivity contribution >= 4 is 10.9 Å². The van der Waals surface area contributed by atoms with Gasteiger partial charge in [0.25, 0.3) is 0 Å². The number of hydrogen-bond acceptors (Lipinski definition) is 5. The second-order valence-corrected chi connectivity index (χ2v) is 8.95. The summed E-state index contributed by atoms with van der Waals surface area (Å²) in [6.07, 6.45) is 6.07. The summed E-state index contributed by atoms with van der Waals surface area (Å²) in [4.78, 5) is 13.7. The topological polar surface area (TPSA) is 83.8 Å². The predicted octanol–water partition coefficient (Wildman–Crippen LogP) is 2.90. The number of nitrogens with one attached hydrogen (secondary N) is 1. The first-order chi connectivity index (χ1) is 17.5. The zero-order valence-electron chi connectivity index (χ0n) is 20.1. The lowest BCUT2D eigenvalue weighted by Crippen LogP contribution is -2.27. The van der Waals surface area contributed by atoms with Crippen LogP contribution in [0.3, 0.4) is 0 Å². The van der Waals surface area contributed by atoms with E-state index in [4.69, 9.17) is 9.84 Å². The van der Waals surface area contributed by atoms with Crippen LogP contribution in [-0.4, -0.2) is 49.0 Å². The largest absolute Gasteiger partial charge is 0.383 e. The Morgan fingerprint density at radius 1 is 1.11 bits per heavy atom. The number of hydrogen-bond donors (Lipinski definition) is 1. The lowest BCUT2D eigenvalue weighted by Gasteiger charge is -2.14. The van der Waals surface area contributed by atoms with Gasteiger partial charge in [-0.25, -0.2) is 13.9 Å². The maximum atomic E-state index is 14.0. The van der Waals surface area contributed by atoms with E-state index in [2.05, 4.69) is 10.4 Å². The van der Waals surface area contributed by atoms with Gasteiger partial charge in [-0.05, 0) is 48.9 Å². The van der Waals surface area contributed by atoms with Crippen LogP contribution in [0.1, 0.15) is 16.8 Å². The molecule has 184 valence electrons. The van der Waals surface area contributed by atoms with Crippen molar-refractivity contribution < 1.29 is 9.13 Å². The van der Waals surface area contributed by atoms with Crippen molar-refractivity contribution in [3.8, 4) is 17.2 Å². The molecule has 0 saturated heterocycles. The van der Waals surface area contributed by atoms with E-state index in [0.717, 1.165) is 40.8 Å². The number of aromatic nitrogens is 6. The van der Waals surface area contributed by atoms with Crippen LogP contribution in [0.4, 0.5) is 4.39 Å². The van der Waals surface area contributed by atoms with E-state index < -0.39 is 0 Å². The van der Waals surface area contributed by atoms with E-state index in [0.29, 0.717) is 36.8 Å². The number of halogens is 1. The zero-order chi connectivity index (χ0) is 24.8. The summed E-state index contributed by atoms with van der Waals surface area (Å²) >= 11 is 0. The van der Waals surface area contributed by atoms with Gasteiger partial charge < -0.3 is 10.1 Å². The number of ether oxygens (including phenoxy) is 1. The molecule has 0 aliphatic carbocycles. The Morgan fingerprint density at radius 3 is 2.78 bits per heavy atom. The molecule has 6 rings (SSSR count). The van der Waals surface area contributed by atoms with Crippen LogP contribution in [0.2, 0.25) is 0 Å². The van der Waals surface area contributed by atoms with Crippen molar-refractivity contribution in [2.45, 2.75) is 26.4 Å². The SMILES string of the molecule is COCCn1ncc2cc(-n3ccn(-c4c5c(nn4-c4ccc(F)c(C)c4)CCNC5)c3=O)ccc21. The molecule has 1 aliphatic heterocycles. The molecule has 0 saturated carbocycles. The van der Waals surface area contributed by atoms with E-state index in [1.165, 1.54) is 6.07 Å². The van der Waals surface area contributed by atoms with Gasteiger partial charge in [0.05, 0.1) is 41.9 Å². The lowest BCUT2D eigenvalue weighted by molar-refractivity contribution is 0.185. The normalized spacial score (nSPS) is 13.4. The molecule has 1 N–H and O–H groups in total. The fourth-order valence-corrected chi connectivity index (χ4v) is 4.79. The van der Waals surface area contributed by atoms with E-state index in [1.807, 2.05) is 22.9 Å². The molecule has 0 amide bonds. The highest BCUT2D eigenvalue weighted by atomic mass is 19.1. The van der Waals surface area contributed by atoms with Crippen LogP contribution in [-0.2, 0) is 24.2 Å². The smallest absolute Gasteiger partial charge is 0.338 e. The number of fused-ring (bicyclic) bond motifs is 2. The van der Waals surface area contributed by atoms with Gasteiger partial charge in [-0.15, -0.1) is 0 Å². The Morgan fingerprint density at radius 2 is 1.94 bits per heavy atom. The van der Waals surface area contributed by atoms with Crippen molar-refractivity contribution in [1.82, 2.24) is 34.0 Å². The Bertz CT molecular complexity index is 1640. The van der Waals surface area contributed by atoms with E-state index >= 15 is 0 Å². The van der Waals surface area contributed by atoms with Crippen LogP contribution in [0.15, 0.2) is 59.8 Å².